The van der Waals surface area contributed by atoms with E-state index in [4.69, 9.17) is 9.47 Å². The van der Waals surface area contributed by atoms with Crippen molar-refractivity contribution in [3.63, 3.8) is 0 Å². The van der Waals surface area contributed by atoms with Crippen molar-refractivity contribution in [2.45, 2.75) is 79.2 Å². The zero-order chi connectivity index (χ0) is 27.1. The monoisotopic (exact) mass is 516 g/mol. The third-order valence-electron chi connectivity index (χ3n) is 8.41. The number of amides is 1. The van der Waals surface area contributed by atoms with Crippen LogP contribution < -0.4 is 4.74 Å². The van der Waals surface area contributed by atoms with Gasteiger partial charge in [-0.1, -0.05) is 46.8 Å². The van der Waals surface area contributed by atoms with E-state index in [1.807, 2.05) is 30.9 Å². The lowest BCUT2D eigenvalue weighted by Gasteiger charge is -2.40. The van der Waals surface area contributed by atoms with Crippen LogP contribution in [-0.4, -0.2) is 80.0 Å². The molecule has 6 heteroatoms. The Bertz CT molecular complexity index is 833. The number of carbonyl (C=O) groups is 1. The van der Waals surface area contributed by atoms with Crippen molar-refractivity contribution in [1.29, 1.82) is 0 Å². The van der Waals surface area contributed by atoms with Crippen molar-refractivity contribution < 1.29 is 19.4 Å². The van der Waals surface area contributed by atoms with E-state index in [9.17, 15) is 9.90 Å². The molecule has 1 aromatic rings. The number of ether oxygens (including phenoxy) is 2. The molecule has 1 aromatic carbocycles. The summed E-state index contributed by atoms with van der Waals surface area (Å²) in [6.45, 7) is 16.5. The zero-order valence-corrected chi connectivity index (χ0v) is 24.3. The van der Waals surface area contributed by atoms with Gasteiger partial charge in [0.2, 0.25) is 5.91 Å². The minimum Gasteiger partial charge on any atom is -0.497 e. The Morgan fingerprint density at radius 1 is 1.08 bits per heavy atom. The number of methoxy groups -OCH3 is 1. The molecule has 2 heterocycles. The summed E-state index contributed by atoms with van der Waals surface area (Å²) in [6.07, 6.45) is 5.07. The SMILES string of the molecule is COc1ccc(CCN2C[C@H](O)C(C)(C)COCCC[C@H]3CN(CCC(C)(C)C)CC[C@H]3CC2=O)cc1. The summed E-state index contributed by atoms with van der Waals surface area (Å²) in [5.41, 5.74) is 1.09. The molecule has 2 aliphatic heterocycles. The van der Waals surface area contributed by atoms with Crippen LogP contribution >= 0.6 is 0 Å². The molecule has 0 radical (unpaired) electrons. The number of hydrogen-bond donors (Lipinski definition) is 1. The van der Waals surface area contributed by atoms with Crippen LogP contribution in [0.4, 0.5) is 0 Å². The molecule has 0 aromatic heterocycles. The van der Waals surface area contributed by atoms with Gasteiger partial charge in [-0.2, -0.15) is 0 Å². The second-order valence-corrected chi connectivity index (χ2v) is 13.3. The molecule has 0 aliphatic carbocycles. The quantitative estimate of drug-likeness (QED) is 0.575. The van der Waals surface area contributed by atoms with Gasteiger partial charge in [0.15, 0.2) is 0 Å². The van der Waals surface area contributed by atoms with Crippen molar-refractivity contribution in [3.8, 4) is 5.75 Å². The van der Waals surface area contributed by atoms with Gasteiger partial charge in [-0.05, 0) is 80.1 Å². The molecule has 0 saturated carbocycles. The van der Waals surface area contributed by atoms with Gasteiger partial charge >= 0.3 is 0 Å². The number of aliphatic hydroxyl groups is 1. The van der Waals surface area contributed by atoms with Crippen LogP contribution in [0.15, 0.2) is 24.3 Å². The molecular formula is C31H52N2O4. The second-order valence-electron chi connectivity index (χ2n) is 13.3. The van der Waals surface area contributed by atoms with E-state index in [0.717, 1.165) is 57.7 Å². The maximum atomic E-state index is 13.7. The highest BCUT2D eigenvalue weighted by molar-refractivity contribution is 5.76. The summed E-state index contributed by atoms with van der Waals surface area (Å²) in [5.74, 6) is 1.93. The first-order valence-electron chi connectivity index (χ1n) is 14.4. The van der Waals surface area contributed by atoms with E-state index in [1.54, 1.807) is 7.11 Å². The second kappa shape index (κ2) is 13.4. The minimum absolute atomic E-state index is 0.182. The lowest BCUT2D eigenvalue weighted by Crippen LogP contribution is -2.47. The van der Waals surface area contributed by atoms with Crippen molar-refractivity contribution in [2.24, 2.45) is 22.7 Å². The van der Waals surface area contributed by atoms with Gasteiger partial charge in [0.05, 0.1) is 19.8 Å². The fourth-order valence-electron chi connectivity index (χ4n) is 5.51. The Balaban J connectivity index is 1.72. The molecule has 2 fully saturated rings. The van der Waals surface area contributed by atoms with E-state index in [1.165, 1.54) is 12.0 Å². The average Bonchev–Trinajstić information content (AvgIpc) is 2.85. The number of carbonyl (C=O) groups excluding carboxylic acids is 1. The summed E-state index contributed by atoms with van der Waals surface area (Å²) >= 11 is 0. The van der Waals surface area contributed by atoms with Crippen LogP contribution in [0.2, 0.25) is 0 Å². The highest BCUT2D eigenvalue weighted by Crippen LogP contribution is 2.33. The number of benzene rings is 1. The van der Waals surface area contributed by atoms with Crippen molar-refractivity contribution >= 4 is 5.91 Å². The molecule has 2 saturated heterocycles. The number of fused-ring (bicyclic) bond motifs is 1. The van der Waals surface area contributed by atoms with Crippen molar-refractivity contribution in [3.05, 3.63) is 29.8 Å². The third kappa shape index (κ3) is 9.56. The molecule has 0 unspecified atom stereocenters. The van der Waals surface area contributed by atoms with Crippen molar-refractivity contribution in [1.82, 2.24) is 9.80 Å². The first-order valence-corrected chi connectivity index (χ1v) is 14.4. The number of likely N-dealkylation sites (tertiary alicyclic amines) is 1. The topological polar surface area (TPSA) is 62.2 Å². The van der Waals surface area contributed by atoms with Gasteiger partial charge in [0.1, 0.15) is 5.75 Å². The number of piperidine rings is 1. The maximum absolute atomic E-state index is 13.7. The summed E-state index contributed by atoms with van der Waals surface area (Å²) in [4.78, 5) is 18.3. The maximum Gasteiger partial charge on any atom is 0.222 e. The number of rotatable bonds is 6. The lowest BCUT2D eigenvalue weighted by molar-refractivity contribution is -0.136. The van der Waals surface area contributed by atoms with Crippen molar-refractivity contribution in [2.75, 3.05) is 53.0 Å². The smallest absolute Gasteiger partial charge is 0.222 e. The standard InChI is InChI=1S/C31H52N2O4/c1-30(2,3)15-18-32-16-14-25-20-29(35)33(17-13-24-9-11-27(36-6)12-10-24)22-28(34)31(4,5)23-37-19-7-8-26(25)21-32/h9-12,25-26,28,34H,7-8,13-23H2,1-6H3/t25-,26-,28-/m0/s1. The summed E-state index contributed by atoms with van der Waals surface area (Å²) in [5, 5.41) is 11.1. The largest absolute Gasteiger partial charge is 0.497 e. The normalized spacial score (nSPS) is 26.5. The lowest BCUT2D eigenvalue weighted by atomic mass is 9.79. The molecule has 2 aliphatic rings. The van der Waals surface area contributed by atoms with Gasteiger partial charge in [-0.3, -0.25) is 4.79 Å². The van der Waals surface area contributed by atoms with Gasteiger partial charge < -0.3 is 24.4 Å². The predicted octanol–water partition coefficient (Wildman–Crippen LogP) is 5.03. The molecular weight excluding hydrogens is 464 g/mol. The van der Waals surface area contributed by atoms with Gasteiger partial charge in [0, 0.05) is 38.1 Å². The van der Waals surface area contributed by atoms with Gasteiger partial charge in [0.25, 0.3) is 0 Å². The number of hydrogen-bond acceptors (Lipinski definition) is 5. The highest BCUT2D eigenvalue weighted by Gasteiger charge is 2.35. The fourth-order valence-corrected chi connectivity index (χ4v) is 5.51. The number of nitrogens with zero attached hydrogens (tertiary/aromatic N) is 2. The molecule has 37 heavy (non-hydrogen) atoms. The van der Waals surface area contributed by atoms with E-state index in [0.29, 0.717) is 43.4 Å². The Morgan fingerprint density at radius 3 is 2.49 bits per heavy atom. The van der Waals surface area contributed by atoms with Gasteiger partial charge in [-0.15, -0.1) is 0 Å². The Labute approximate surface area is 225 Å². The van der Waals surface area contributed by atoms with Crippen LogP contribution in [-0.2, 0) is 16.0 Å². The Morgan fingerprint density at radius 2 is 1.81 bits per heavy atom. The fraction of sp³-hybridized carbons (Fsp3) is 0.774. The van der Waals surface area contributed by atoms with Gasteiger partial charge in [-0.25, -0.2) is 0 Å². The van der Waals surface area contributed by atoms with E-state index in [-0.39, 0.29) is 5.91 Å². The average molecular weight is 517 g/mol. The van der Waals surface area contributed by atoms with Crippen LogP contribution in [0.25, 0.3) is 0 Å². The first kappa shape index (κ1) is 29.9. The van der Waals surface area contributed by atoms with Crippen LogP contribution in [0, 0.1) is 22.7 Å². The molecule has 1 amide bonds. The predicted molar refractivity (Wildman–Crippen MR) is 150 cm³/mol. The first-order chi connectivity index (χ1) is 17.5. The van der Waals surface area contributed by atoms with E-state index in [2.05, 4.69) is 37.8 Å². The summed E-state index contributed by atoms with van der Waals surface area (Å²) < 4.78 is 11.3. The molecule has 3 atom stereocenters. The molecule has 0 spiro atoms. The molecule has 6 nitrogen and oxygen atoms in total. The summed E-state index contributed by atoms with van der Waals surface area (Å²) in [6, 6.07) is 8.04. The Hall–Kier alpha value is -1.63. The third-order valence-corrected chi connectivity index (χ3v) is 8.41. The molecule has 0 bridgehead atoms. The summed E-state index contributed by atoms with van der Waals surface area (Å²) in [7, 11) is 1.67. The van der Waals surface area contributed by atoms with E-state index >= 15 is 0 Å². The van der Waals surface area contributed by atoms with Crippen LogP contribution in [0.5, 0.6) is 5.75 Å². The molecule has 3 rings (SSSR count). The number of β-amino-alcohol motifs (C(OH)–C–C–N with tert-alkyl or cyclic N) is 1. The highest BCUT2D eigenvalue weighted by atomic mass is 16.5. The Kier molecular flexibility index (Phi) is 10.9. The van der Waals surface area contributed by atoms with E-state index < -0.39 is 11.5 Å². The molecule has 210 valence electrons. The molecule has 1 N–H and O–H groups in total. The number of aliphatic hydroxyl groups excluding tert-OH is 1. The van der Waals surface area contributed by atoms with Crippen LogP contribution in [0.3, 0.4) is 0 Å². The van der Waals surface area contributed by atoms with Crippen LogP contribution in [0.1, 0.15) is 72.3 Å². The zero-order valence-electron chi connectivity index (χ0n) is 24.3. The minimum atomic E-state index is -0.636.